The Kier molecular flexibility index (Phi) is 5.69. The normalized spacial score (nSPS) is 10.2. The van der Waals surface area contributed by atoms with Gasteiger partial charge in [-0.2, -0.15) is 0 Å². The molecule has 0 saturated heterocycles. The van der Waals surface area contributed by atoms with Gasteiger partial charge in [0.2, 0.25) is 5.91 Å². The van der Waals surface area contributed by atoms with E-state index in [9.17, 15) is 4.79 Å². The van der Waals surface area contributed by atoms with Crippen molar-refractivity contribution in [2.24, 2.45) is 0 Å². The van der Waals surface area contributed by atoms with Gasteiger partial charge in [-0.25, -0.2) is 0 Å². The van der Waals surface area contributed by atoms with Crippen molar-refractivity contribution in [2.45, 2.75) is 12.7 Å². The number of methoxy groups -OCH3 is 1. The van der Waals surface area contributed by atoms with Crippen molar-refractivity contribution < 1.29 is 9.53 Å². The maximum Gasteiger partial charge on any atom is 0.234 e. The lowest BCUT2D eigenvalue weighted by Crippen LogP contribution is -2.14. The maximum atomic E-state index is 11.9. The molecule has 0 atom stereocenters. The molecule has 2 aromatic carbocycles. The highest BCUT2D eigenvalue weighted by Crippen LogP contribution is 2.18. The SMILES string of the molecule is COc1cccc(NC(=O)CSCc2ccc(C)cc2)c1. The second kappa shape index (κ2) is 7.74. The number of benzene rings is 2. The second-order valence-electron chi connectivity index (χ2n) is 4.76. The fourth-order valence-electron chi connectivity index (χ4n) is 1.84. The van der Waals surface area contributed by atoms with Gasteiger partial charge in [0.05, 0.1) is 12.9 Å². The summed E-state index contributed by atoms with van der Waals surface area (Å²) < 4.78 is 5.13. The van der Waals surface area contributed by atoms with E-state index in [4.69, 9.17) is 4.74 Å². The van der Waals surface area contributed by atoms with Crippen molar-refractivity contribution in [1.82, 2.24) is 0 Å². The van der Waals surface area contributed by atoms with Crippen molar-refractivity contribution >= 4 is 23.4 Å². The molecule has 0 unspecified atom stereocenters. The van der Waals surface area contributed by atoms with E-state index in [1.807, 2.05) is 24.3 Å². The quantitative estimate of drug-likeness (QED) is 0.880. The molecule has 0 aliphatic heterocycles. The molecule has 0 heterocycles. The summed E-state index contributed by atoms with van der Waals surface area (Å²) in [6.07, 6.45) is 0. The molecular weight excluding hydrogens is 282 g/mol. The number of nitrogens with one attached hydrogen (secondary N) is 1. The molecule has 0 aliphatic carbocycles. The first-order valence-electron chi connectivity index (χ1n) is 6.74. The van der Waals surface area contributed by atoms with E-state index in [0.29, 0.717) is 5.75 Å². The summed E-state index contributed by atoms with van der Waals surface area (Å²) in [7, 11) is 1.61. The molecule has 1 amide bonds. The molecule has 3 nitrogen and oxygen atoms in total. The Morgan fingerprint density at radius 1 is 1.19 bits per heavy atom. The summed E-state index contributed by atoms with van der Waals surface area (Å²) >= 11 is 1.61. The molecule has 2 rings (SSSR count). The van der Waals surface area contributed by atoms with Crippen LogP contribution in [0.2, 0.25) is 0 Å². The molecule has 0 fully saturated rings. The highest BCUT2D eigenvalue weighted by molar-refractivity contribution is 7.99. The molecule has 0 spiro atoms. The number of ether oxygens (including phenoxy) is 1. The van der Waals surface area contributed by atoms with Gasteiger partial charge in [-0.1, -0.05) is 35.9 Å². The molecule has 0 radical (unpaired) electrons. The summed E-state index contributed by atoms with van der Waals surface area (Å²) in [5.74, 6) is 2.01. The monoisotopic (exact) mass is 301 g/mol. The Balaban J connectivity index is 1.78. The molecule has 0 bridgehead atoms. The van der Waals surface area contributed by atoms with Crippen LogP contribution < -0.4 is 10.1 Å². The topological polar surface area (TPSA) is 38.3 Å². The van der Waals surface area contributed by atoms with Crippen LogP contribution >= 0.6 is 11.8 Å². The van der Waals surface area contributed by atoms with Crippen LogP contribution in [-0.2, 0) is 10.5 Å². The number of aryl methyl sites for hydroxylation is 1. The predicted octanol–water partition coefficient (Wildman–Crippen LogP) is 3.88. The predicted molar refractivity (Wildman–Crippen MR) is 89.0 cm³/mol. The van der Waals surface area contributed by atoms with Gasteiger partial charge in [0.1, 0.15) is 5.75 Å². The summed E-state index contributed by atoms with van der Waals surface area (Å²) in [5.41, 5.74) is 3.24. The third-order valence-corrected chi connectivity index (χ3v) is 3.98. The molecule has 110 valence electrons. The molecule has 4 heteroatoms. The van der Waals surface area contributed by atoms with Gasteiger partial charge in [-0.3, -0.25) is 4.79 Å². The van der Waals surface area contributed by atoms with E-state index in [1.54, 1.807) is 18.9 Å². The van der Waals surface area contributed by atoms with Gasteiger partial charge < -0.3 is 10.1 Å². The molecule has 1 N–H and O–H groups in total. The van der Waals surface area contributed by atoms with Crippen molar-refractivity contribution in [3.63, 3.8) is 0 Å². The third-order valence-electron chi connectivity index (χ3n) is 2.98. The highest BCUT2D eigenvalue weighted by atomic mass is 32.2. The van der Waals surface area contributed by atoms with E-state index >= 15 is 0 Å². The zero-order valence-corrected chi connectivity index (χ0v) is 13.1. The lowest BCUT2D eigenvalue weighted by molar-refractivity contribution is -0.113. The van der Waals surface area contributed by atoms with Gasteiger partial charge in [0.25, 0.3) is 0 Å². The Morgan fingerprint density at radius 2 is 1.95 bits per heavy atom. The molecule has 21 heavy (non-hydrogen) atoms. The molecule has 0 aromatic heterocycles. The van der Waals surface area contributed by atoms with E-state index < -0.39 is 0 Å². The fraction of sp³-hybridized carbons (Fsp3) is 0.235. The van der Waals surface area contributed by atoms with Crippen LogP contribution in [0.3, 0.4) is 0 Å². The van der Waals surface area contributed by atoms with Gasteiger partial charge in [0.15, 0.2) is 0 Å². The van der Waals surface area contributed by atoms with Crippen molar-refractivity contribution in [3.8, 4) is 5.75 Å². The summed E-state index contributed by atoms with van der Waals surface area (Å²) in [5, 5.41) is 2.87. The zero-order chi connectivity index (χ0) is 15.1. The first-order chi connectivity index (χ1) is 10.2. The number of rotatable bonds is 6. The largest absolute Gasteiger partial charge is 0.497 e. The first kappa shape index (κ1) is 15.4. The van der Waals surface area contributed by atoms with Gasteiger partial charge in [0, 0.05) is 17.5 Å². The van der Waals surface area contributed by atoms with Crippen LogP contribution in [0.25, 0.3) is 0 Å². The number of hydrogen-bond acceptors (Lipinski definition) is 3. The van der Waals surface area contributed by atoms with E-state index in [1.165, 1.54) is 11.1 Å². The molecular formula is C17H19NO2S. The fourth-order valence-corrected chi connectivity index (χ4v) is 2.63. The lowest BCUT2D eigenvalue weighted by atomic mass is 10.2. The maximum absolute atomic E-state index is 11.9. The summed E-state index contributed by atoms with van der Waals surface area (Å²) in [6, 6.07) is 15.7. The number of carbonyl (C=O) groups excluding carboxylic acids is 1. The Bertz CT molecular complexity index is 596. The van der Waals surface area contributed by atoms with Crippen LogP contribution in [0.15, 0.2) is 48.5 Å². The van der Waals surface area contributed by atoms with Gasteiger partial charge in [-0.05, 0) is 24.6 Å². The average molecular weight is 301 g/mol. The number of anilines is 1. The molecule has 0 aliphatic rings. The standard InChI is InChI=1S/C17H19NO2S/c1-13-6-8-14(9-7-13)11-21-12-17(19)18-15-4-3-5-16(10-15)20-2/h3-10H,11-12H2,1-2H3,(H,18,19). The van der Waals surface area contributed by atoms with Crippen LogP contribution in [-0.4, -0.2) is 18.8 Å². The summed E-state index contributed by atoms with van der Waals surface area (Å²) in [6.45, 7) is 2.07. The van der Waals surface area contributed by atoms with Gasteiger partial charge in [-0.15, -0.1) is 11.8 Å². The number of thioether (sulfide) groups is 1. The molecule has 2 aromatic rings. The number of carbonyl (C=O) groups is 1. The van der Waals surface area contributed by atoms with Crippen molar-refractivity contribution in [3.05, 3.63) is 59.7 Å². The lowest BCUT2D eigenvalue weighted by Gasteiger charge is -2.07. The molecule has 0 saturated carbocycles. The van der Waals surface area contributed by atoms with Crippen LogP contribution in [0.4, 0.5) is 5.69 Å². The second-order valence-corrected chi connectivity index (χ2v) is 5.74. The van der Waals surface area contributed by atoms with Gasteiger partial charge >= 0.3 is 0 Å². The number of hydrogen-bond donors (Lipinski definition) is 1. The smallest absolute Gasteiger partial charge is 0.234 e. The van der Waals surface area contributed by atoms with Crippen LogP contribution in [0.1, 0.15) is 11.1 Å². The Hall–Kier alpha value is -1.94. The zero-order valence-electron chi connectivity index (χ0n) is 12.3. The van der Waals surface area contributed by atoms with Crippen molar-refractivity contribution in [2.75, 3.05) is 18.2 Å². The highest BCUT2D eigenvalue weighted by Gasteiger charge is 2.04. The number of amides is 1. The van der Waals surface area contributed by atoms with E-state index in [2.05, 4.69) is 36.5 Å². The van der Waals surface area contributed by atoms with Crippen LogP contribution in [0, 0.1) is 6.92 Å². The Labute approximate surface area is 129 Å². The minimum absolute atomic E-state index is 0.000338. The third kappa shape index (κ3) is 5.16. The van der Waals surface area contributed by atoms with E-state index in [0.717, 1.165) is 17.2 Å². The van der Waals surface area contributed by atoms with Crippen LogP contribution in [0.5, 0.6) is 5.75 Å². The van der Waals surface area contributed by atoms with E-state index in [-0.39, 0.29) is 5.91 Å². The van der Waals surface area contributed by atoms with Crippen molar-refractivity contribution in [1.29, 1.82) is 0 Å². The minimum Gasteiger partial charge on any atom is -0.497 e. The Morgan fingerprint density at radius 3 is 2.67 bits per heavy atom. The minimum atomic E-state index is 0.000338. The summed E-state index contributed by atoms with van der Waals surface area (Å²) in [4.78, 5) is 11.9. The first-order valence-corrected chi connectivity index (χ1v) is 7.90. The average Bonchev–Trinajstić information content (AvgIpc) is 2.49.